The maximum Gasteiger partial charge on any atom is 0.363 e. The Balaban J connectivity index is 3.50. The molecular weight excluding hydrogens is 278 g/mol. The number of hydrogen-bond acceptors (Lipinski definition) is 1. The number of carbonyl (C=O) groups is 1. The molecule has 0 aliphatic carbocycles. The van der Waals surface area contributed by atoms with Gasteiger partial charge in [-0.2, -0.15) is 8.78 Å². The third-order valence-corrected chi connectivity index (χ3v) is 3.21. The van der Waals surface area contributed by atoms with Crippen LogP contribution in [-0.2, 0) is 0 Å². The molecule has 0 saturated heterocycles. The number of halogens is 3. The molecule has 0 fully saturated rings. The Hall–Kier alpha value is -0.770. The van der Waals surface area contributed by atoms with Gasteiger partial charge in [0.05, 0.1) is 0 Å². The maximum absolute atomic E-state index is 13.0. The summed E-state index contributed by atoms with van der Waals surface area (Å²) in [6.45, 7) is 7.00. The summed E-state index contributed by atoms with van der Waals surface area (Å²) in [6.07, 6.45) is 0. The molecule has 4 heteroatoms. The summed E-state index contributed by atoms with van der Waals surface area (Å²) in [4.78, 5) is 8.12. The lowest BCUT2D eigenvalue weighted by atomic mass is 9.92. The van der Waals surface area contributed by atoms with E-state index in [1.807, 2.05) is 19.9 Å². The predicted molar refractivity (Wildman–Crippen MR) is 63.6 cm³/mol. The van der Waals surface area contributed by atoms with Gasteiger partial charge in [-0.25, -0.2) is 0 Å². The highest BCUT2D eigenvalue weighted by molar-refractivity contribution is 9.10. The Morgan fingerprint density at radius 1 is 1.12 bits per heavy atom. The topological polar surface area (TPSA) is 17.1 Å². The van der Waals surface area contributed by atoms with E-state index in [2.05, 4.69) is 15.9 Å². The minimum absolute atomic E-state index is 0.124. The summed E-state index contributed by atoms with van der Waals surface area (Å²) in [5.41, 5.74) is 3.06. The standard InChI is InChI=1S/C12H13BrF2O/c1-6-5-7(2)9(4)10(8(6)3)11(16)12(13,14)15/h5H,1-4H3. The lowest BCUT2D eigenvalue weighted by Crippen LogP contribution is -2.23. The molecule has 0 amide bonds. The van der Waals surface area contributed by atoms with E-state index in [0.717, 1.165) is 11.1 Å². The molecule has 0 radical (unpaired) electrons. The number of aryl methyl sites for hydroxylation is 2. The van der Waals surface area contributed by atoms with Crippen molar-refractivity contribution in [2.24, 2.45) is 0 Å². The van der Waals surface area contributed by atoms with Gasteiger partial charge in [0.15, 0.2) is 0 Å². The van der Waals surface area contributed by atoms with Gasteiger partial charge in [-0.05, 0) is 65.9 Å². The Labute approximate surface area is 102 Å². The molecule has 1 aromatic rings. The third-order valence-electron chi connectivity index (χ3n) is 2.85. The van der Waals surface area contributed by atoms with E-state index in [1.54, 1.807) is 13.8 Å². The SMILES string of the molecule is Cc1cc(C)c(C)c(C(=O)C(F)(F)Br)c1C. The van der Waals surface area contributed by atoms with Crippen LogP contribution in [0.15, 0.2) is 6.07 Å². The van der Waals surface area contributed by atoms with Gasteiger partial charge >= 0.3 is 4.83 Å². The molecule has 88 valence electrons. The summed E-state index contributed by atoms with van der Waals surface area (Å²) in [5, 5.41) is 0. The van der Waals surface area contributed by atoms with Gasteiger partial charge in [0.1, 0.15) is 0 Å². The number of ketones is 1. The molecule has 0 saturated carbocycles. The van der Waals surface area contributed by atoms with Crippen LogP contribution in [0.2, 0.25) is 0 Å². The first-order valence-electron chi connectivity index (χ1n) is 4.85. The van der Waals surface area contributed by atoms with Crippen LogP contribution in [0.5, 0.6) is 0 Å². The van der Waals surface area contributed by atoms with Crippen molar-refractivity contribution in [1.29, 1.82) is 0 Å². The summed E-state index contributed by atoms with van der Waals surface area (Å²) < 4.78 is 26.0. The second-order valence-electron chi connectivity index (χ2n) is 3.96. The molecule has 0 heterocycles. The van der Waals surface area contributed by atoms with E-state index in [-0.39, 0.29) is 5.56 Å². The predicted octanol–water partition coefficient (Wildman–Crippen LogP) is 4.09. The van der Waals surface area contributed by atoms with Crippen molar-refractivity contribution in [1.82, 2.24) is 0 Å². The largest absolute Gasteiger partial charge is 0.363 e. The highest BCUT2D eigenvalue weighted by atomic mass is 79.9. The number of alkyl halides is 3. The minimum atomic E-state index is -3.50. The van der Waals surface area contributed by atoms with E-state index in [0.29, 0.717) is 11.1 Å². The van der Waals surface area contributed by atoms with Crippen molar-refractivity contribution in [2.75, 3.05) is 0 Å². The highest BCUT2D eigenvalue weighted by Crippen LogP contribution is 2.31. The van der Waals surface area contributed by atoms with E-state index in [1.165, 1.54) is 0 Å². The second-order valence-corrected chi connectivity index (χ2v) is 4.96. The fourth-order valence-electron chi connectivity index (χ4n) is 1.70. The van der Waals surface area contributed by atoms with Gasteiger partial charge in [0.2, 0.25) is 5.78 Å². The first-order valence-corrected chi connectivity index (χ1v) is 5.64. The Kier molecular flexibility index (Phi) is 3.53. The number of rotatable bonds is 2. The number of carbonyl (C=O) groups excluding carboxylic acids is 1. The van der Waals surface area contributed by atoms with Crippen LogP contribution in [0, 0.1) is 27.7 Å². The normalized spacial score (nSPS) is 11.7. The number of hydrogen-bond donors (Lipinski definition) is 0. The van der Waals surface area contributed by atoms with Crippen LogP contribution in [0.1, 0.15) is 32.6 Å². The minimum Gasteiger partial charge on any atom is -0.286 e. The zero-order valence-electron chi connectivity index (χ0n) is 9.62. The highest BCUT2D eigenvalue weighted by Gasteiger charge is 2.37. The van der Waals surface area contributed by atoms with Crippen molar-refractivity contribution in [2.45, 2.75) is 32.5 Å². The van der Waals surface area contributed by atoms with Crippen molar-refractivity contribution in [3.05, 3.63) is 33.9 Å². The lowest BCUT2D eigenvalue weighted by Gasteiger charge is -2.16. The van der Waals surface area contributed by atoms with Gasteiger partial charge in [0.25, 0.3) is 0 Å². The van der Waals surface area contributed by atoms with Crippen LogP contribution in [0.25, 0.3) is 0 Å². The molecule has 0 spiro atoms. The van der Waals surface area contributed by atoms with E-state index >= 15 is 0 Å². The van der Waals surface area contributed by atoms with Crippen molar-refractivity contribution in [3.8, 4) is 0 Å². The molecular formula is C12H13BrF2O. The zero-order chi connectivity index (χ0) is 12.7. The molecule has 0 N–H and O–H groups in total. The molecule has 0 bridgehead atoms. The average molecular weight is 291 g/mol. The zero-order valence-corrected chi connectivity index (χ0v) is 11.2. The number of benzene rings is 1. The first-order chi connectivity index (χ1) is 7.16. The van der Waals surface area contributed by atoms with E-state index in [4.69, 9.17) is 0 Å². The molecule has 1 nitrogen and oxygen atoms in total. The van der Waals surface area contributed by atoms with Crippen LogP contribution in [-0.4, -0.2) is 10.6 Å². The van der Waals surface area contributed by atoms with Crippen molar-refractivity contribution < 1.29 is 13.6 Å². The van der Waals surface area contributed by atoms with Crippen LogP contribution in [0.4, 0.5) is 8.78 Å². The van der Waals surface area contributed by atoms with Crippen LogP contribution < -0.4 is 0 Å². The molecule has 0 aliphatic rings. The number of Topliss-reactive ketones (excluding diaryl/α,β-unsaturated/α-hetero) is 1. The second kappa shape index (κ2) is 4.24. The quantitative estimate of drug-likeness (QED) is 0.592. The molecule has 0 atom stereocenters. The van der Waals surface area contributed by atoms with E-state index in [9.17, 15) is 13.6 Å². The lowest BCUT2D eigenvalue weighted by molar-refractivity contribution is 0.0591. The van der Waals surface area contributed by atoms with Crippen molar-refractivity contribution in [3.63, 3.8) is 0 Å². The molecule has 1 rings (SSSR count). The summed E-state index contributed by atoms with van der Waals surface area (Å²) >= 11 is 2.12. The van der Waals surface area contributed by atoms with Crippen LogP contribution >= 0.6 is 15.9 Å². The van der Waals surface area contributed by atoms with Crippen molar-refractivity contribution >= 4 is 21.7 Å². The summed E-state index contributed by atoms with van der Waals surface area (Å²) in [7, 11) is 0. The average Bonchev–Trinajstić information content (AvgIpc) is 2.13. The summed E-state index contributed by atoms with van der Waals surface area (Å²) in [6, 6.07) is 1.90. The molecule has 0 unspecified atom stereocenters. The monoisotopic (exact) mass is 290 g/mol. The van der Waals surface area contributed by atoms with E-state index < -0.39 is 10.6 Å². The Bertz CT molecular complexity index is 421. The fraction of sp³-hybridized carbons (Fsp3) is 0.417. The first kappa shape index (κ1) is 13.3. The maximum atomic E-state index is 13.0. The van der Waals surface area contributed by atoms with Crippen LogP contribution in [0.3, 0.4) is 0 Å². The van der Waals surface area contributed by atoms with Gasteiger partial charge in [-0.3, -0.25) is 4.79 Å². The Morgan fingerprint density at radius 2 is 1.50 bits per heavy atom. The smallest absolute Gasteiger partial charge is 0.286 e. The molecule has 1 aromatic carbocycles. The molecule has 0 aromatic heterocycles. The van der Waals surface area contributed by atoms with Gasteiger partial charge in [-0.15, -0.1) is 0 Å². The fourth-order valence-corrected chi connectivity index (χ4v) is 1.90. The van der Waals surface area contributed by atoms with Gasteiger partial charge in [0, 0.05) is 5.56 Å². The van der Waals surface area contributed by atoms with Gasteiger partial charge in [-0.1, -0.05) is 6.07 Å². The molecule has 16 heavy (non-hydrogen) atoms. The Morgan fingerprint density at radius 3 is 1.81 bits per heavy atom. The van der Waals surface area contributed by atoms with Gasteiger partial charge < -0.3 is 0 Å². The molecule has 0 aliphatic heterocycles. The third kappa shape index (κ3) is 2.32. The summed E-state index contributed by atoms with van der Waals surface area (Å²) in [5.74, 6) is -1.17.